The third-order valence-corrected chi connectivity index (χ3v) is 0.992. The van der Waals surface area contributed by atoms with Crippen molar-refractivity contribution >= 4 is 0 Å². The van der Waals surface area contributed by atoms with Crippen molar-refractivity contribution in [1.82, 2.24) is 0 Å². The second-order valence-corrected chi connectivity index (χ2v) is 2.64. The minimum atomic E-state index is -0.324. The lowest BCUT2D eigenvalue weighted by atomic mass is 10.5. The summed E-state index contributed by atoms with van der Waals surface area (Å²) in [7, 11) is 1.56. The van der Waals surface area contributed by atoms with Crippen LogP contribution in [0.1, 0.15) is 20.3 Å². The molecule has 1 atom stereocenters. The molecule has 4 heteroatoms. The monoisotopic (exact) mass is 194 g/mol. The summed E-state index contributed by atoms with van der Waals surface area (Å²) in [6.45, 7) is 5.54. The third kappa shape index (κ3) is 24.5. The Morgan fingerprint density at radius 1 is 1.31 bits per heavy atom. The zero-order chi connectivity index (χ0) is 10.5. The Morgan fingerprint density at radius 3 is 2.15 bits per heavy atom. The first-order valence-corrected chi connectivity index (χ1v) is 4.54. The molecule has 0 spiro atoms. The first kappa shape index (κ1) is 15.3. The minimum Gasteiger partial charge on any atom is -0.394 e. The molecule has 0 aromatic rings. The van der Waals surface area contributed by atoms with Crippen LogP contribution in [0, 0.1) is 0 Å². The van der Waals surface area contributed by atoms with Crippen LogP contribution in [-0.4, -0.2) is 49.9 Å². The Bertz CT molecular complexity index is 72.0. The summed E-state index contributed by atoms with van der Waals surface area (Å²) in [5.41, 5.74) is 0. The maximum atomic E-state index is 8.43. The van der Waals surface area contributed by atoms with Crippen molar-refractivity contribution in [3.05, 3.63) is 0 Å². The van der Waals surface area contributed by atoms with Crippen molar-refractivity contribution < 1.29 is 19.7 Å². The molecule has 0 fully saturated rings. The highest BCUT2D eigenvalue weighted by Gasteiger charge is 1.87. The van der Waals surface area contributed by atoms with Gasteiger partial charge in [-0.1, -0.05) is 6.92 Å². The Kier molecular flexibility index (Phi) is 16.9. The topological polar surface area (TPSA) is 58.9 Å². The molecule has 0 heterocycles. The maximum absolute atomic E-state index is 8.43. The van der Waals surface area contributed by atoms with E-state index in [1.54, 1.807) is 14.0 Å². The summed E-state index contributed by atoms with van der Waals surface area (Å²) in [6.07, 6.45) is 0.704. The molecule has 2 N–H and O–H groups in total. The average Bonchev–Trinajstić information content (AvgIpc) is 2.06. The molecule has 13 heavy (non-hydrogen) atoms. The summed E-state index contributed by atoms with van der Waals surface area (Å²) in [5, 5.41) is 16.6. The van der Waals surface area contributed by atoms with Gasteiger partial charge in [-0.25, -0.2) is 0 Å². The molecule has 0 saturated carbocycles. The zero-order valence-electron chi connectivity index (χ0n) is 8.82. The van der Waals surface area contributed by atoms with Gasteiger partial charge in [0.15, 0.2) is 0 Å². The predicted molar refractivity (Wildman–Crippen MR) is 51.8 cm³/mol. The molecule has 82 valence electrons. The molecule has 0 saturated heterocycles. The lowest BCUT2D eigenvalue weighted by Crippen LogP contribution is -2.07. The molecule has 0 aliphatic carbocycles. The lowest BCUT2D eigenvalue weighted by Gasteiger charge is -1.97. The number of hydrogen-bond donors (Lipinski definition) is 2. The first-order valence-electron chi connectivity index (χ1n) is 4.54. The van der Waals surface area contributed by atoms with Crippen molar-refractivity contribution in [3.63, 3.8) is 0 Å². The molecular formula is C9H22O4. The molecular weight excluding hydrogens is 172 g/mol. The Hall–Kier alpha value is -0.160. The van der Waals surface area contributed by atoms with Gasteiger partial charge in [0.05, 0.1) is 25.9 Å². The first-order chi connectivity index (χ1) is 6.18. The van der Waals surface area contributed by atoms with E-state index < -0.39 is 0 Å². The van der Waals surface area contributed by atoms with E-state index in [2.05, 4.69) is 4.74 Å². The Balaban J connectivity index is 0. The molecule has 0 bridgehead atoms. The fourth-order valence-electron chi connectivity index (χ4n) is 0.552. The molecule has 4 nitrogen and oxygen atoms in total. The number of aliphatic hydroxyl groups is 2. The number of aliphatic hydroxyl groups excluding tert-OH is 2. The average molecular weight is 194 g/mol. The molecule has 0 aliphatic rings. The van der Waals surface area contributed by atoms with E-state index in [0.717, 1.165) is 13.0 Å². The van der Waals surface area contributed by atoms with E-state index in [0.29, 0.717) is 13.2 Å². The van der Waals surface area contributed by atoms with Crippen LogP contribution in [0.25, 0.3) is 0 Å². The van der Waals surface area contributed by atoms with Crippen molar-refractivity contribution in [2.45, 2.75) is 26.4 Å². The largest absolute Gasteiger partial charge is 0.394 e. The van der Waals surface area contributed by atoms with Gasteiger partial charge in [-0.05, 0) is 13.3 Å². The summed E-state index contributed by atoms with van der Waals surface area (Å²) in [4.78, 5) is 0. The second-order valence-electron chi connectivity index (χ2n) is 2.64. The van der Waals surface area contributed by atoms with Crippen molar-refractivity contribution in [1.29, 1.82) is 0 Å². The number of hydrogen-bond acceptors (Lipinski definition) is 4. The zero-order valence-corrected chi connectivity index (χ0v) is 8.82. The lowest BCUT2D eigenvalue weighted by molar-refractivity contribution is 0.0765. The van der Waals surface area contributed by atoms with E-state index in [9.17, 15) is 0 Å². The van der Waals surface area contributed by atoms with Gasteiger partial charge in [-0.3, -0.25) is 0 Å². The van der Waals surface area contributed by atoms with E-state index in [1.807, 2.05) is 6.92 Å². The summed E-state index contributed by atoms with van der Waals surface area (Å²) in [6, 6.07) is 0. The molecule has 0 aliphatic heterocycles. The summed E-state index contributed by atoms with van der Waals surface area (Å²) >= 11 is 0. The minimum absolute atomic E-state index is 0.139. The number of ether oxygens (including phenoxy) is 2. The van der Waals surface area contributed by atoms with Crippen LogP contribution in [0.2, 0.25) is 0 Å². The van der Waals surface area contributed by atoms with Gasteiger partial charge in [0.2, 0.25) is 0 Å². The standard InChI is InChI=1S/C5H12O2.C4H10O2/c1-2-4-7-5-3-6;1-4(5)3-6-2/h6H,2-5H2,1H3;4-5H,3H2,1-2H3. The SMILES string of the molecule is CCCOCCO.COCC(C)O. The van der Waals surface area contributed by atoms with Crippen LogP contribution in [0.15, 0.2) is 0 Å². The summed E-state index contributed by atoms with van der Waals surface area (Å²) in [5.74, 6) is 0. The van der Waals surface area contributed by atoms with Crippen LogP contribution in [-0.2, 0) is 9.47 Å². The van der Waals surface area contributed by atoms with Crippen LogP contribution in [0.4, 0.5) is 0 Å². The van der Waals surface area contributed by atoms with Gasteiger partial charge in [0.1, 0.15) is 0 Å². The molecule has 1 unspecified atom stereocenters. The van der Waals surface area contributed by atoms with E-state index >= 15 is 0 Å². The van der Waals surface area contributed by atoms with Crippen LogP contribution < -0.4 is 0 Å². The highest BCUT2D eigenvalue weighted by atomic mass is 16.5. The normalized spacial score (nSPS) is 11.8. The van der Waals surface area contributed by atoms with Gasteiger partial charge in [0.25, 0.3) is 0 Å². The van der Waals surface area contributed by atoms with Gasteiger partial charge in [-0.2, -0.15) is 0 Å². The number of rotatable bonds is 6. The highest BCUT2D eigenvalue weighted by molar-refractivity contribution is 4.36. The van der Waals surface area contributed by atoms with Gasteiger partial charge < -0.3 is 19.7 Å². The number of methoxy groups -OCH3 is 1. The maximum Gasteiger partial charge on any atom is 0.0745 e. The molecule has 0 aromatic carbocycles. The highest BCUT2D eigenvalue weighted by Crippen LogP contribution is 1.76. The molecule has 0 radical (unpaired) electrons. The van der Waals surface area contributed by atoms with Crippen molar-refractivity contribution in [2.75, 3.05) is 33.5 Å². The van der Waals surface area contributed by atoms with Gasteiger partial charge in [-0.15, -0.1) is 0 Å². The van der Waals surface area contributed by atoms with Gasteiger partial charge >= 0.3 is 0 Å². The van der Waals surface area contributed by atoms with E-state index in [4.69, 9.17) is 14.9 Å². The Labute approximate surface area is 80.5 Å². The smallest absolute Gasteiger partial charge is 0.0745 e. The summed E-state index contributed by atoms with van der Waals surface area (Å²) < 4.78 is 9.44. The van der Waals surface area contributed by atoms with Crippen LogP contribution in [0.3, 0.4) is 0 Å². The van der Waals surface area contributed by atoms with Crippen LogP contribution >= 0.6 is 0 Å². The van der Waals surface area contributed by atoms with Crippen molar-refractivity contribution in [3.8, 4) is 0 Å². The Morgan fingerprint density at radius 2 is 1.92 bits per heavy atom. The third-order valence-electron chi connectivity index (χ3n) is 0.992. The fourth-order valence-corrected chi connectivity index (χ4v) is 0.552. The molecule has 0 amide bonds. The fraction of sp³-hybridized carbons (Fsp3) is 1.00. The van der Waals surface area contributed by atoms with E-state index in [-0.39, 0.29) is 12.7 Å². The molecule has 0 aromatic heterocycles. The van der Waals surface area contributed by atoms with Crippen LogP contribution in [0.5, 0.6) is 0 Å². The van der Waals surface area contributed by atoms with Gasteiger partial charge in [0, 0.05) is 13.7 Å². The van der Waals surface area contributed by atoms with Crippen molar-refractivity contribution in [2.24, 2.45) is 0 Å². The quantitative estimate of drug-likeness (QED) is 0.602. The predicted octanol–water partition coefficient (Wildman–Crippen LogP) is 0.419. The molecule has 0 rings (SSSR count). The van der Waals surface area contributed by atoms with E-state index in [1.165, 1.54) is 0 Å². The second kappa shape index (κ2) is 14.4.